The Morgan fingerprint density at radius 3 is 0.803 bits per heavy atom. The summed E-state index contributed by atoms with van der Waals surface area (Å²) < 4.78 is 17.0. The molecule has 1 atom stereocenters. The average molecular weight is 1070 g/mol. The maximum absolute atomic E-state index is 12.9. The van der Waals surface area contributed by atoms with E-state index in [0.29, 0.717) is 19.3 Å². The van der Waals surface area contributed by atoms with Crippen LogP contribution in [0, 0.1) is 0 Å². The van der Waals surface area contributed by atoms with Crippen molar-refractivity contribution in [2.24, 2.45) is 0 Å². The maximum atomic E-state index is 12.9. The van der Waals surface area contributed by atoms with Crippen molar-refractivity contribution in [1.29, 1.82) is 0 Å². The van der Waals surface area contributed by atoms with E-state index in [1.807, 2.05) is 0 Å². The molecule has 0 radical (unpaired) electrons. The highest BCUT2D eigenvalue weighted by molar-refractivity contribution is 5.71. The summed E-state index contributed by atoms with van der Waals surface area (Å²) >= 11 is 0. The summed E-state index contributed by atoms with van der Waals surface area (Å²) in [5.41, 5.74) is 0. The summed E-state index contributed by atoms with van der Waals surface area (Å²) in [6.07, 6.45) is 80.3. The first-order valence-electron chi connectivity index (χ1n) is 34.0. The number of unbranched alkanes of at least 4 members (excludes halogenated alkanes) is 46. The van der Waals surface area contributed by atoms with Crippen molar-refractivity contribution >= 4 is 17.9 Å². The molecule has 76 heavy (non-hydrogen) atoms. The van der Waals surface area contributed by atoms with Gasteiger partial charge in [0.05, 0.1) is 0 Å². The molecule has 0 heterocycles. The van der Waals surface area contributed by atoms with Gasteiger partial charge in [-0.1, -0.05) is 340 Å². The van der Waals surface area contributed by atoms with Gasteiger partial charge in [0.1, 0.15) is 13.2 Å². The van der Waals surface area contributed by atoms with Gasteiger partial charge in [-0.2, -0.15) is 0 Å². The molecule has 0 N–H and O–H groups in total. The Balaban J connectivity index is 4.27. The third-order valence-corrected chi connectivity index (χ3v) is 15.4. The summed E-state index contributed by atoms with van der Waals surface area (Å²) in [7, 11) is 0. The van der Waals surface area contributed by atoms with Gasteiger partial charge in [-0.25, -0.2) is 0 Å². The fourth-order valence-corrected chi connectivity index (χ4v) is 10.3. The molecule has 0 aromatic carbocycles. The molecule has 6 nitrogen and oxygen atoms in total. The van der Waals surface area contributed by atoms with E-state index in [-0.39, 0.29) is 31.1 Å². The third kappa shape index (κ3) is 62.5. The molecule has 0 aromatic heterocycles. The lowest BCUT2D eigenvalue weighted by atomic mass is 10.0. The van der Waals surface area contributed by atoms with Crippen molar-refractivity contribution in [3.8, 4) is 0 Å². The molecule has 0 aromatic rings. The summed E-state index contributed by atoms with van der Waals surface area (Å²) in [4.78, 5) is 38.4. The van der Waals surface area contributed by atoms with E-state index in [2.05, 4.69) is 57.2 Å². The summed E-state index contributed by atoms with van der Waals surface area (Å²) in [5, 5.41) is 0. The fourth-order valence-electron chi connectivity index (χ4n) is 10.3. The van der Waals surface area contributed by atoms with Gasteiger partial charge in [-0.05, 0) is 51.4 Å². The molecule has 1 unspecified atom stereocenters. The van der Waals surface area contributed by atoms with E-state index in [1.54, 1.807) is 0 Å². The minimum Gasteiger partial charge on any atom is -0.462 e. The molecule has 0 rings (SSSR count). The Hall–Kier alpha value is -2.37. The summed E-state index contributed by atoms with van der Waals surface area (Å²) in [6.45, 7) is 6.59. The molecule has 6 heteroatoms. The molecule has 0 spiro atoms. The largest absolute Gasteiger partial charge is 0.462 e. The normalized spacial score (nSPS) is 12.2. The Bertz CT molecular complexity index is 1270. The Kier molecular flexibility index (Phi) is 63.1. The molecule has 0 saturated carbocycles. The number of carbonyl (C=O) groups excluding carboxylic acids is 3. The van der Waals surface area contributed by atoms with Crippen LogP contribution in [0.15, 0.2) is 36.5 Å². The van der Waals surface area contributed by atoms with Gasteiger partial charge in [-0.3, -0.25) is 14.4 Å². The van der Waals surface area contributed by atoms with Crippen molar-refractivity contribution in [2.75, 3.05) is 13.2 Å². The smallest absolute Gasteiger partial charge is 0.306 e. The number of rotatable bonds is 63. The van der Waals surface area contributed by atoms with Gasteiger partial charge < -0.3 is 14.2 Å². The quantitative estimate of drug-likeness (QED) is 0.0261. The van der Waals surface area contributed by atoms with Gasteiger partial charge in [0, 0.05) is 19.3 Å². The minimum absolute atomic E-state index is 0.0719. The van der Waals surface area contributed by atoms with Gasteiger partial charge in [-0.15, -0.1) is 0 Å². The zero-order valence-corrected chi connectivity index (χ0v) is 51.3. The molecule has 446 valence electrons. The first-order valence-corrected chi connectivity index (χ1v) is 34.0. The number of hydrogen-bond acceptors (Lipinski definition) is 6. The van der Waals surface area contributed by atoms with E-state index < -0.39 is 6.10 Å². The van der Waals surface area contributed by atoms with E-state index in [1.165, 1.54) is 238 Å². The Labute approximate surface area is 474 Å². The molecule has 0 amide bonds. The van der Waals surface area contributed by atoms with Crippen LogP contribution < -0.4 is 0 Å². The average Bonchev–Trinajstić information content (AvgIpc) is 3.42. The van der Waals surface area contributed by atoms with Crippen molar-refractivity contribution in [3.05, 3.63) is 36.5 Å². The molecular formula is C70H130O6. The monoisotopic (exact) mass is 1070 g/mol. The van der Waals surface area contributed by atoms with E-state index in [4.69, 9.17) is 14.2 Å². The fraction of sp³-hybridized carbons (Fsp3) is 0.871. The second kappa shape index (κ2) is 65.2. The predicted molar refractivity (Wildman–Crippen MR) is 330 cm³/mol. The molecule has 0 bridgehead atoms. The highest BCUT2D eigenvalue weighted by Crippen LogP contribution is 2.19. The lowest BCUT2D eigenvalue weighted by Crippen LogP contribution is -2.30. The molecule has 0 aliphatic heterocycles. The molecule has 0 aliphatic rings. The van der Waals surface area contributed by atoms with Gasteiger partial charge in [0.15, 0.2) is 6.10 Å². The van der Waals surface area contributed by atoms with E-state index in [9.17, 15) is 14.4 Å². The van der Waals surface area contributed by atoms with Crippen LogP contribution in [0.3, 0.4) is 0 Å². The van der Waals surface area contributed by atoms with Gasteiger partial charge in [0.2, 0.25) is 0 Å². The first kappa shape index (κ1) is 73.6. The topological polar surface area (TPSA) is 78.9 Å². The Morgan fingerprint density at radius 1 is 0.276 bits per heavy atom. The van der Waals surface area contributed by atoms with Gasteiger partial charge >= 0.3 is 17.9 Å². The third-order valence-electron chi connectivity index (χ3n) is 15.4. The number of esters is 3. The van der Waals surface area contributed by atoms with Crippen molar-refractivity contribution < 1.29 is 28.6 Å². The van der Waals surface area contributed by atoms with Crippen LogP contribution in [0.25, 0.3) is 0 Å². The predicted octanol–water partition coefficient (Wildman–Crippen LogP) is 23.2. The molecule has 0 aliphatic carbocycles. The SMILES string of the molecule is CC/C=C\C/C=C\C/C=C\CCCCCCCC(=O)OCC(COC(=O)CCCCCCCCCCCCCCCCCCCCCCCCCC)OC(=O)CCCCCCCCCCCCCCCCCCCCC. The second-order valence-corrected chi connectivity index (χ2v) is 23.1. The molecule has 0 fully saturated rings. The number of ether oxygens (including phenoxy) is 3. The van der Waals surface area contributed by atoms with Gasteiger partial charge in [0.25, 0.3) is 0 Å². The lowest BCUT2D eigenvalue weighted by molar-refractivity contribution is -0.167. The summed E-state index contributed by atoms with van der Waals surface area (Å²) in [5.74, 6) is -0.861. The minimum atomic E-state index is -0.777. The standard InChI is InChI=1S/C70H130O6/c1-4-7-10-13-16-19-22-25-28-30-32-33-34-35-36-38-39-42-45-48-51-54-57-60-63-69(72)75-66-67(65-74-68(71)62-59-56-53-50-47-44-41-27-24-21-18-15-12-9-6-3)76-70(73)64-61-58-55-52-49-46-43-40-37-31-29-26-23-20-17-14-11-8-5-2/h9,12,18,21,27,41,67H,4-8,10-11,13-17,19-20,22-26,28-40,42-66H2,1-3H3/b12-9-,21-18-,41-27-. The highest BCUT2D eigenvalue weighted by atomic mass is 16.6. The lowest BCUT2D eigenvalue weighted by Gasteiger charge is -2.18. The summed E-state index contributed by atoms with van der Waals surface area (Å²) in [6, 6.07) is 0. The van der Waals surface area contributed by atoms with E-state index in [0.717, 1.165) is 96.3 Å². The number of allylic oxidation sites excluding steroid dienone is 6. The second-order valence-electron chi connectivity index (χ2n) is 23.1. The van der Waals surface area contributed by atoms with Crippen LogP contribution in [0.1, 0.15) is 374 Å². The number of hydrogen-bond donors (Lipinski definition) is 0. The van der Waals surface area contributed by atoms with Crippen LogP contribution >= 0.6 is 0 Å². The maximum Gasteiger partial charge on any atom is 0.306 e. The van der Waals surface area contributed by atoms with Crippen LogP contribution in [0.4, 0.5) is 0 Å². The van der Waals surface area contributed by atoms with E-state index >= 15 is 0 Å². The van der Waals surface area contributed by atoms with Crippen LogP contribution in [0.2, 0.25) is 0 Å². The first-order chi connectivity index (χ1) is 37.5. The van der Waals surface area contributed by atoms with Crippen LogP contribution in [-0.4, -0.2) is 37.2 Å². The zero-order chi connectivity index (χ0) is 55.0. The van der Waals surface area contributed by atoms with Crippen molar-refractivity contribution in [2.45, 2.75) is 380 Å². The Morgan fingerprint density at radius 2 is 0.513 bits per heavy atom. The highest BCUT2D eigenvalue weighted by Gasteiger charge is 2.19. The van der Waals surface area contributed by atoms with Crippen molar-refractivity contribution in [3.63, 3.8) is 0 Å². The molecular weight excluding hydrogens is 937 g/mol. The van der Waals surface area contributed by atoms with Crippen LogP contribution in [-0.2, 0) is 28.6 Å². The van der Waals surface area contributed by atoms with Crippen LogP contribution in [0.5, 0.6) is 0 Å². The molecule has 0 saturated heterocycles. The van der Waals surface area contributed by atoms with Crippen molar-refractivity contribution in [1.82, 2.24) is 0 Å². The number of carbonyl (C=O) groups is 3. The zero-order valence-electron chi connectivity index (χ0n) is 51.3.